The highest BCUT2D eigenvalue weighted by atomic mass is 32.2. The van der Waals surface area contributed by atoms with Crippen LogP contribution in [0.2, 0.25) is 0 Å². The molecule has 3 aromatic carbocycles. The SMILES string of the molecule is CC(C)Oc1ccccc1[C@@H]1CN([C@@H]2COC(C)(C)c3nc4c(cc32)OC[C@@H]2COCCN42)CCN1C1CC2(CCN(c3ccc(C(=O)NS(=O)(=O)c4cc5c(c([N+](=O)[O-])c4)N[C@H](C4CCOCC4)CO5)c(N4c5cc6cc[nH]c6nc5O[C@H]5COCC[C@@H]54)c3)CC2)C1. The molecule has 3 aromatic heterocycles. The van der Waals surface area contributed by atoms with E-state index in [4.69, 9.17) is 47.9 Å². The van der Waals surface area contributed by atoms with Gasteiger partial charge in [0.1, 0.15) is 42.0 Å². The van der Waals surface area contributed by atoms with E-state index in [9.17, 15) is 18.5 Å². The zero-order valence-electron chi connectivity index (χ0n) is 53.1. The van der Waals surface area contributed by atoms with Crippen molar-refractivity contribution in [1.82, 2.24) is 29.5 Å². The number of nitrogens with zero attached hydrogens (tertiary/aromatic N) is 8. The Kier molecular flexibility index (Phi) is 15.4. The molecule has 0 radical (unpaired) electrons. The number of fused-ring (bicyclic) bond motifs is 8. The first-order valence-electron chi connectivity index (χ1n) is 33.2. The van der Waals surface area contributed by atoms with Gasteiger partial charge >= 0.3 is 0 Å². The number of H-pyrrole nitrogens is 1. The first kappa shape index (κ1) is 60.4. The summed E-state index contributed by atoms with van der Waals surface area (Å²) in [4.78, 5) is 52.3. The smallest absolute Gasteiger partial charge is 0.297 e. The van der Waals surface area contributed by atoms with E-state index >= 15 is 4.79 Å². The van der Waals surface area contributed by atoms with Crippen molar-refractivity contribution in [3.8, 4) is 23.1 Å². The minimum absolute atomic E-state index is 0.000749. The number of carbonyl (C=O) groups excluding carboxylic acids is 1. The van der Waals surface area contributed by atoms with Gasteiger partial charge < -0.3 is 62.9 Å². The summed E-state index contributed by atoms with van der Waals surface area (Å²) >= 11 is 0. The zero-order valence-corrected chi connectivity index (χ0v) is 53.9. The molecule has 492 valence electrons. The van der Waals surface area contributed by atoms with Gasteiger partial charge in [-0.05, 0) is 132 Å². The van der Waals surface area contributed by atoms with Crippen molar-refractivity contribution in [3.63, 3.8) is 0 Å². The van der Waals surface area contributed by atoms with Gasteiger partial charge in [0.2, 0.25) is 5.88 Å². The topological polar surface area (TPSA) is 250 Å². The molecule has 6 aromatic rings. The molecular weight excluding hydrogens is 1210 g/mol. The normalized spacial score (nSPS) is 26.8. The van der Waals surface area contributed by atoms with E-state index in [0.29, 0.717) is 81.6 Å². The summed E-state index contributed by atoms with van der Waals surface area (Å²) in [5.41, 5.74) is 5.22. The third kappa shape index (κ3) is 11.0. The maximum absolute atomic E-state index is 15.1. The number of aromatic amines is 1. The van der Waals surface area contributed by atoms with Crippen LogP contribution < -0.4 is 43.7 Å². The van der Waals surface area contributed by atoms with Crippen LogP contribution in [0.15, 0.2) is 83.9 Å². The van der Waals surface area contributed by atoms with Crippen molar-refractivity contribution in [2.24, 2.45) is 11.3 Å². The molecule has 6 atom stereocenters. The number of amides is 1. The molecule has 10 aliphatic rings. The van der Waals surface area contributed by atoms with Gasteiger partial charge in [-0.25, -0.2) is 18.1 Å². The second-order valence-corrected chi connectivity index (χ2v) is 29.4. The minimum atomic E-state index is -4.74. The Bertz CT molecular complexity index is 4000. The molecule has 1 saturated carbocycles. The van der Waals surface area contributed by atoms with Crippen molar-refractivity contribution in [2.45, 2.75) is 132 Å². The largest absolute Gasteiger partial charge is 0.491 e. The molecule has 0 unspecified atom stereocenters. The van der Waals surface area contributed by atoms with E-state index in [-0.39, 0.29) is 77.9 Å². The molecule has 1 amide bonds. The fourth-order valence-electron chi connectivity index (χ4n) is 16.5. The zero-order chi connectivity index (χ0) is 63.5. The van der Waals surface area contributed by atoms with Crippen LogP contribution in [0.4, 0.5) is 34.3 Å². The number of hydrogen-bond donors (Lipinski definition) is 3. The van der Waals surface area contributed by atoms with Crippen LogP contribution in [0.3, 0.4) is 0 Å². The summed E-state index contributed by atoms with van der Waals surface area (Å²) in [7, 11) is -4.74. The molecular formula is C68H81N11O13S. The number of anilines is 5. The summed E-state index contributed by atoms with van der Waals surface area (Å²) in [6, 6.07) is 22.5. The molecule has 25 heteroatoms. The number of rotatable bonds is 12. The Balaban J connectivity index is 0.670. The van der Waals surface area contributed by atoms with Gasteiger partial charge in [0.15, 0.2) is 23.0 Å². The molecule has 93 heavy (non-hydrogen) atoms. The molecule has 1 spiro atoms. The highest BCUT2D eigenvalue weighted by molar-refractivity contribution is 7.90. The van der Waals surface area contributed by atoms with Crippen LogP contribution in [0.5, 0.6) is 23.1 Å². The van der Waals surface area contributed by atoms with Crippen molar-refractivity contribution >= 4 is 61.2 Å². The summed E-state index contributed by atoms with van der Waals surface area (Å²) in [5.74, 6) is 2.25. The lowest BCUT2D eigenvalue weighted by Gasteiger charge is -2.59. The first-order valence-corrected chi connectivity index (χ1v) is 34.7. The highest BCUT2D eigenvalue weighted by Gasteiger charge is 2.52. The van der Waals surface area contributed by atoms with Crippen molar-refractivity contribution < 1.29 is 56.0 Å². The standard InChI is InChI=1S/C68H81N11O13S/c1-40(2)91-57-8-6-5-7-47(57)55-34-75(56-38-90-67(3,4)62-49(56)31-59-64(71-62)77-22-26-87-35-45(77)36-88-59)20-21-76(55)44-32-68(33-44)15-18-74(19-16-68)43-9-10-48(52(28-43)78-51-14-25-86-39-60(51)92-66-54(78)27-42-11-17-69-63(42)72-66)65(80)73-93(83,84)46-29-53(79(81)82)61-58(30-46)89-37-50(70-61)41-12-23-85-24-13-41/h5-11,17,27-31,40-41,44-45,50-51,55-56,60,70H,12-16,18-26,32-39H2,1-4H3,(H,69,72)(H,73,80)/t45-,50-,51-,55-,56+,60-/m0/s1. The minimum Gasteiger partial charge on any atom is -0.491 e. The van der Waals surface area contributed by atoms with Crippen LogP contribution in [-0.4, -0.2) is 179 Å². The molecule has 3 N–H and O–H groups in total. The average Bonchev–Trinajstić information content (AvgIpc) is 1.12. The number of hydrogen-bond acceptors (Lipinski definition) is 21. The number of benzene rings is 3. The predicted molar refractivity (Wildman–Crippen MR) is 346 cm³/mol. The summed E-state index contributed by atoms with van der Waals surface area (Å²) < 4.78 is 81.4. The molecule has 24 nitrogen and oxygen atoms in total. The van der Waals surface area contributed by atoms with Crippen LogP contribution >= 0.6 is 0 Å². The second-order valence-electron chi connectivity index (χ2n) is 27.7. The molecule has 5 saturated heterocycles. The van der Waals surface area contributed by atoms with Crippen molar-refractivity contribution in [3.05, 3.63) is 111 Å². The molecule has 6 fully saturated rings. The highest BCUT2D eigenvalue weighted by Crippen LogP contribution is 2.55. The van der Waals surface area contributed by atoms with Crippen LogP contribution in [-0.2, 0) is 34.6 Å². The summed E-state index contributed by atoms with van der Waals surface area (Å²) in [6.45, 7) is 17.7. The number of morpholine rings is 1. The van der Waals surface area contributed by atoms with E-state index in [1.54, 1.807) is 6.07 Å². The predicted octanol–water partition coefficient (Wildman–Crippen LogP) is 8.77. The number of sulfonamides is 1. The number of aromatic nitrogens is 3. The number of nitro benzene ring substituents is 1. The fraction of sp³-hybridized carbons (Fsp3) is 0.544. The van der Waals surface area contributed by atoms with E-state index in [1.165, 1.54) is 17.2 Å². The third-order valence-electron chi connectivity index (χ3n) is 21.5. The lowest BCUT2D eigenvalue weighted by atomic mass is 9.59. The Hall–Kier alpha value is -7.52. The van der Waals surface area contributed by atoms with Crippen molar-refractivity contribution in [1.29, 1.82) is 0 Å². The van der Waals surface area contributed by atoms with E-state index in [1.807, 2.05) is 30.5 Å². The monoisotopic (exact) mass is 1290 g/mol. The van der Waals surface area contributed by atoms with E-state index < -0.39 is 43.1 Å². The molecule has 9 aliphatic heterocycles. The third-order valence-corrected chi connectivity index (χ3v) is 22.8. The Morgan fingerprint density at radius 2 is 1.61 bits per heavy atom. The Labute approximate surface area is 540 Å². The number of pyridine rings is 2. The average molecular weight is 1290 g/mol. The number of piperazine rings is 1. The number of carbonyl (C=O) groups is 1. The Morgan fingerprint density at radius 1 is 0.806 bits per heavy atom. The maximum Gasteiger partial charge on any atom is 0.297 e. The quantitative estimate of drug-likeness (QED) is 0.0765. The van der Waals surface area contributed by atoms with Gasteiger partial charge in [0.05, 0.1) is 89.5 Å². The molecule has 0 bridgehead atoms. The number of nitrogens with one attached hydrogen (secondary N) is 3. The van der Waals surface area contributed by atoms with Gasteiger partial charge in [-0.3, -0.25) is 24.7 Å². The van der Waals surface area contributed by atoms with Gasteiger partial charge in [-0.15, -0.1) is 0 Å². The number of piperidine rings is 1. The summed E-state index contributed by atoms with van der Waals surface area (Å²) in [6.07, 6.45) is 7.47. The van der Waals surface area contributed by atoms with Crippen LogP contribution in [0.1, 0.15) is 112 Å². The number of para-hydroxylation sites is 1. The van der Waals surface area contributed by atoms with Gasteiger partial charge in [0, 0.05) is 100 Å². The second kappa shape index (κ2) is 23.7. The van der Waals surface area contributed by atoms with Crippen LogP contribution in [0.25, 0.3) is 11.0 Å². The first-order chi connectivity index (χ1) is 45.0. The number of ether oxygens (including phenoxy) is 8. The van der Waals surface area contributed by atoms with E-state index in [0.717, 1.165) is 118 Å². The summed E-state index contributed by atoms with van der Waals surface area (Å²) in [5, 5.41) is 16.8. The molecule has 16 rings (SSSR count). The van der Waals surface area contributed by atoms with Gasteiger partial charge in [0.25, 0.3) is 21.6 Å². The molecule has 1 aliphatic carbocycles. The van der Waals surface area contributed by atoms with E-state index in [2.05, 4.69) is 97.5 Å². The number of nitro groups is 1. The van der Waals surface area contributed by atoms with Gasteiger partial charge in [-0.2, -0.15) is 4.98 Å². The maximum atomic E-state index is 15.1. The lowest BCUT2D eigenvalue weighted by molar-refractivity contribution is -0.384. The molecule has 12 heterocycles. The Morgan fingerprint density at radius 3 is 2.44 bits per heavy atom. The van der Waals surface area contributed by atoms with Crippen LogP contribution in [0, 0.1) is 21.4 Å². The van der Waals surface area contributed by atoms with Crippen molar-refractivity contribution in [2.75, 3.05) is 119 Å². The lowest BCUT2D eigenvalue weighted by Crippen LogP contribution is -2.60. The fourth-order valence-corrected chi connectivity index (χ4v) is 17.5. The van der Waals surface area contributed by atoms with Gasteiger partial charge in [-0.1, -0.05) is 18.2 Å².